The van der Waals surface area contributed by atoms with Crippen LogP contribution in [0.15, 0.2) is 12.1 Å². The van der Waals surface area contributed by atoms with Gasteiger partial charge in [0.2, 0.25) is 0 Å². The number of hydrogen-bond donors (Lipinski definition) is 2. The van der Waals surface area contributed by atoms with Crippen molar-refractivity contribution in [1.82, 2.24) is 9.55 Å². The van der Waals surface area contributed by atoms with Crippen LogP contribution in [-0.4, -0.2) is 41.0 Å². The number of aliphatic hydroxyl groups is 1. The molecule has 6 heteroatoms. The third-order valence-corrected chi connectivity index (χ3v) is 3.40. The summed E-state index contributed by atoms with van der Waals surface area (Å²) in [6.07, 6.45) is 1.41. The van der Waals surface area contributed by atoms with Gasteiger partial charge in [-0.25, -0.2) is 4.98 Å². The first-order valence-corrected chi connectivity index (χ1v) is 6.93. The first kappa shape index (κ1) is 13.2. The molecule has 1 aromatic carbocycles. The van der Waals surface area contributed by atoms with Crippen LogP contribution in [0, 0.1) is 0 Å². The highest BCUT2D eigenvalue weighted by Gasteiger charge is 2.17. The van der Waals surface area contributed by atoms with Crippen LogP contribution >= 0.6 is 0 Å². The molecule has 108 valence electrons. The van der Waals surface area contributed by atoms with E-state index in [9.17, 15) is 0 Å². The highest BCUT2D eigenvalue weighted by molar-refractivity contribution is 5.80. The summed E-state index contributed by atoms with van der Waals surface area (Å²) in [4.78, 5) is 4.63. The van der Waals surface area contributed by atoms with Crippen molar-refractivity contribution in [1.29, 1.82) is 0 Å². The number of fused-ring (bicyclic) bond motifs is 2. The summed E-state index contributed by atoms with van der Waals surface area (Å²) in [5.74, 6) is 2.45. The molecule has 2 aromatic rings. The van der Waals surface area contributed by atoms with Gasteiger partial charge in [-0.2, -0.15) is 0 Å². The highest BCUT2D eigenvalue weighted by Crippen LogP contribution is 2.34. The van der Waals surface area contributed by atoms with Crippen LogP contribution in [0.2, 0.25) is 0 Å². The Labute approximate surface area is 117 Å². The van der Waals surface area contributed by atoms with E-state index in [0.29, 0.717) is 32.6 Å². The van der Waals surface area contributed by atoms with Crippen molar-refractivity contribution in [3.8, 4) is 11.5 Å². The van der Waals surface area contributed by atoms with Gasteiger partial charge in [-0.05, 0) is 13.0 Å². The predicted molar refractivity (Wildman–Crippen MR) is 75.2 cm³/mol. The van der Waals surface area contributed by atoms with Crippen molar-refractivity contribution in [3.05, 3.63) is 18.0 Å². The van der Waals surface area contributed by atoms with Gasteiger partial charge in [0.15, 0.2) is 11.5 Å². The van der Waals surface area contributed by atoms with Crippen LogP contribution in [0.4, 0.5) is 0 Å². The standard InChI is InChI=1S/C14H19N3O3/c15-3-2-14-16-10-8-12-13(20-7-6-19-12)9-11(10)17(14)4-1-5-18/h8-9,18H,1-7,15H2. The minimum absolute atomic E-state index is 0.159. The molecule has 1 aliphatic rings. The van der Waals surface area contributed by atoms with E-state index >= 15 is 0 Å². The molecule has 0 saturated heterocycles. The van der Waals surface area contributed by atoms with Crippen LogP contribution in [0.1, 0.15) is 12.2 Å². The number of rotatable bonds is 5. The summed E-state index contributed by atoms with van der Waals surface area (Å²) < 4.78 is 13.3. The molecule has 0 amide bonds. The Kier molecular flexibility index (Phi) is 3.75. The molecule has 3 N–H and O–H groups in total. The minimum atomic E-state index is 0.159. The molecular formula is C14H19N3O3. The largest absolute Gasteiger partial charge is 0.486 e. The molecule has 1 aromatic heterocycles. The predicted octanol–water partition coefficient (Wildman–Crippen LogP) is 0.691. The van der Waals surface area contributed by atoms with E-state index < -0.39 is 0 Å². The van der Waals surface area contributed by atoms with E-state index in [4.69, 9.17) is 20.3 Å². The highest BCUT2D eigenvalue weighted by atomic mass is 16.6. The molecule has 0 unspecified atom stereocenters. The number of imidazole rings is 1. The molecule has 1 aliphatic heterocycles. The van der Waals surface area contributed by atoms with Gasteiger partial charge in [0.05, 0.1) is 11.0 Å². The molecule has 20 heavy (non-hydrogen) atoms. The topological polar surface area (TPSA) is 82.5 Å². The zero-order valence-corrected chi connectivity index (χ0v) is 11.3. The fourth-order valence-corrected chi connectivity index (χ4v) is 2.51. The van der Waals surface area contributed by atoms with Gasteiger partial charge >= 0.3 is 0 Å². The van der Waals surface area contributed by atoms with E-state index in [0.717, 1.165) is 34.9 Å². The van der Waals surface area contributed by atoms with Crippen molar-refractivity contribution in [2.45, 2.75) is 19.4 Å². The summed E-state index contributed by atoms with van der Waals surface area (Å²) >= 11 is 0. The quantitative estimate of drug-likeness (QED) is 0.840. The Hall–Kier alpha value is -1.79. The second-order valence-electron chi connectivity index (χ2n) is 4.78. The van der Waals surface area contributed by atoms with Crippen molar-refractivity contribution in [2.75, 3.05) is 26.4 Å². The van der Waals surface area contributed by atoms with Gasteiger partial charge in [0.1, 0.15) is 19.0 Å². The molecule has 3 rings (SSSR count). The molecule has 0 aliphatic carbocycles. The smallest absolute Gasteiger partial charge is 0.163 e. The molecule has 0 saturated carbocycles. The number of ether oxygens (including phenoxy) is 2. The summed E-state index contributed by atoms with van der Waals surface area (Å²) in [6, 6.07) is 3.88. The lowest BCUT2D eigenvalue weighted by Crippen LogP contribution is -2.15. The fraction of sp³-hybridized carbons (Fsp3) is 0.500. The van der Waals surface area contributed by atoms with Crippen molar-refractivity contribution < 1.29 is 14.6 Å². The maximum atomic E-state index is 9.05. The van der Waals surface area contributed by atoms with E-state index in [1.807, 2.05) is 12.1 Å². The number of aromatic nitrogens is 2. The van der Waals surface area contributed by atoms with Gasteiger partial charge < -0.3 is 24.9 Å². The third-order valence-electron chi connectivity index (χ3n) is 3.40. The number of hydrogen-bond acceptors (Lipinski definition) is 5. The molecule has 0 bridgehead atoms. The lowest BCUT2D eigenvalue weighted by molar-refractivity contribution is 0.172. The summed E-state index contributed by atoms with van der Waals surface area (Å²) in [5, 5.41) is 9.05. The van der Waals surface area contributed by atoms with Crippen LogP contribution < -0.4 is 15.2 Å². The average Bonchev–Trinajstić information content (AvgIpc) is 2.79. The maximum absolute atomic E-state index is 9.05. The van der Waals surface area contributed by atoms with Gasteiger partial charge in [-0.1, -0.05) is 0 Å². The van der Waals surface area contributed by atoms with E-state index in [2.05, 4.69) is 9.55 Å². The first-order valence-electron chi connectivity index (χ1n) is 6.93. The van der Waals surface area contributed by atoms with Crippen LogP contribution in [0.5, 0.6) is 11.5 Å². The average molecular weight is 277 g/mol. The van der Waals surface area contributed by atoms with Gasteiger partial charge in [-0.3, -0.25) is 0 Å². The summed E-state index contributed by atoms with van der Waals surface area (Å²) in [6.45, 7) is 2.57. The Morgan fingerprint density at radius 1 is 1.25 bits per heavy atom. The second kappa shape index (κ2) is 5.68. The molecule has 0 spiro atoms. The van der Waals surface area contributed by atoms with Crippen molar-refractivity contribution >= 4 is 11.0 Å². The van der Waals surface area contributed by atoms with Crippen molar-refractivity contribution in [3.63, 3.8) is 0 Å². The van der Waals surface area contributed by atoms with Gasteiger partial charge in [0.25, 0.3) is 0 Å². The number of aryl methyl sites for hydroxylation is 1. The fourth-order valence-electron chi connectivity index (χ4n) is 2.51. The summed E-state index contributed by atoms with van der Waals surface area (Å²) in [7, 11) is 0. The Morgan fingerprint density at radius 3 is 2.70 bits per heavy atom. The molecule has 6 nitrogen and oxygen atoms in total. The zero-order chi connectivity index (χ0) is 13.9. The number of nitrogens with zero attached hydrogens (tertiary/aromatic N) is 2. The Morgan fingerprint density at radius 2 is 2.00 bits per heavy atom. The third kappa shape index (κ3) is 2.32. The van der Waals surface area contributed by atoms with Gasteiger partial charge in [0, 0.05) is 31.7 Å². The monoisotopic (exact) mass is 277 g/mol. The zero-order valence-electron chi connectivity index (χ0n) is 11.3. The normalized spacial score (nSPS) is 13.9. The first-order chi connectivity index (χ1) is 9.83. The number of nitrogens with two attached hydrogens (primary N) is 1. The van der Waals surface area contributed by atoms with E-state index in [1.54, 1.807) is 0 Å². The van der Waals surface area contributed by atoms with Crippen LogP contribution in [0.3, 0.4) is 0 Å². The molecule has 2 heterocycles. The molecule has 0 radical (unpaired) electrons. The molecule has 0 atom stereocenters. The summed E-state index contributed by atoms with van der Waals surface area (Å²) in [5.41, 5.74) is 7.54. The van der Waals surface area contributed by atoms with Crippen molar-refractivity contribution in [2.24, 2.45) is 5.73 Å². The van der Waals surface area contributed by atoms with E-state index in [1.165, 1.54) is 0 Å². The molecular weight excluding hydrogens is 258 g/mol. The SMILES string of the molecule is NCCc1nc2cc3c(cc2n1CCCO)OCCO3. The van der Waals surface area contributed by atoms with E-state index in [-0.39, 0.29) is 6.61 Å². The molecule has 0 fully saturated rings. The van der Waals surface area contributed by atoms with Crippen LogP contribution in [-0.2, 0) is 13.0 Å². The Balaban J connectivity index is 2.08. The number of benzene rings is 1. The Bertz CT molecular complexity index is 609. The number of aliphatic hydroxyl groups excluding tert-OH is 1. The second-order valence-corrected chi connectivity index (χ2v) is 4.78. The maximum Gasteiger partial charge on any atom is 0.163 e. The van der Waals surface area contributed by atoms with Crippen LogP contribution in [0.25, 0.3) is 11.0 Å². The lowest BCUT2D eigenvalue weighted by Gasteiger charge is -2.18. The van der Waals surface area contributed by atoms with Gasteiger partial charge in [-0.15, -0.1) is 0 Å². The lowest BCUT2D eigenvalue weighted by atomic mass is 10.2. The minimum Gasteiger partial charge on any atom is -0.486 e.